The van der Waals surface area contributed by atoms with Gasteiger partial charge in [0, 0.05) is 5.41 Å². The zero-order chi connectivity index (χ0) is 16.3. The first-order valence-electron chi connectivity index (χ1n) is 8.61. The van der Waals surface area contributed by atoms with Crippen LogP contribution in [-0.2, 0) is 4.74 Å². The van der Waals surface area contributed by atoms with Gasteiger partial charge in [-0.25, -0.2) is 0 Å². The second-order valence-electron chi connectivity index (χ2n) is 8.15. The summed E-state index contributed by atoms with van der Waals surface area (Å²) in [5.74, 6) is 0.681. The molecule has 0 amide bonds. The van der Waals surface area contributed by atoms with Crippen molar-refractivity contribution in [3.63, 3.8) is 0 Å². The molecule has 0 saturated heterocycles. The van der Waals surface area contributed by atoms with Gasteiger partial charge < -0.3 is 9.84 Å². The average Bonchev–Trinajstić information content (AvgIpc) is 2.38. The molecule has 0 aromatic carbocycles. The minimum absolute atomic E-state index is 0.176. The molecule has 1 fully saturated rings. The van der Waals surface area contributed by atoms with E-state index in [9.17, 15) is 5.11 Å². The van der Waals surface area contributed by atoms with Gasteiger partial charge in [-0.3, -0.25) is 0 Å². The van der Waals surface area contributed by atoms with E-state index < -0.39 is 6.29 Å². The Bertz CT molecular complexity index is 366. The fourth-order valence-electron chi connectivity index (χ4n) is 3.15. The van der Waals surface area contributed by atoms with Crippen molar-refractivity contribution >= 4 is 0 Å². The number of rotatable bonds is 6. The third-order valence-electron chi connectivity index (χ3n) is 5.43. The minimum atomic E-state index is -0.683. The van der Waals surface area contributed by atoms with E-state index in [1.165, 1.54) is 24.0 Å². The van der Waals surface area contributed by atoms with Crippen LogP contribution in [0.3, 0.4) is 0 Å². The largest absolute Gasteiger partial charge is 0.367 e. The van der Waals surface area contributed by atoms with E-state index in [1.54, 1.807) is 0 Å². The molecule has 1 rings (SSSR count). The molecule has 3 atom stereocenters. The number of ether oxygens (including phenoxy) is 1. The molecular formula is C19H36O2. The lowest BCUT2D eigenvalue weighted by atomic mass is 9.74. The number of hydrogen-bond acceptors (Lipinski definition) is 2. The summed E-state index contributed by atoms with van der Waals surface area (Å²) < 4.78 is 6.35. The van der Waals surface area contributed by atoms with Crippen LogP contribution in [0.5, 0.6) is 0 Å². The molecule has 1 saturated carbocycles. The maximum atomic E-state index is 10.6. The van der Waals surface area contributed by atoms with E-state index in [0.717, 1.165) is 25.7 Å². The predicted molar refractivity (Wildman–Crippen MR) is 90.2 cm³/mol. The minimum Gasteiger partial charge on any atom is -0.367 e. The smallest absolute Gasteiger partial charge is 0.160 e. The second kappa shape index (κ2) is 7.28. The zero-order valence-corrected chi connectivity index (χ0v) is 15.3. The third-order valence-corrected chi connectivity index (χ3v) is 5.43. The molecule has 2 heteroatoms. The molecule has 1 aliphatic rings. The van der Waals surface area contributed by atoms with E-state index in [2.05, 4.69) is 48.5 Å². The van der Waals surface area contributed by atoms with Gasteiger partial charge in [0.15, 0.2) is 6.29 Å². The lowest BCUT2D eigenvalue weighted by molar-refractivity contribution is -0.242. The quantitative estimate of drug-likeness (QED) is 0.521. The first kappa shape index (κ1) is 18.7. The van der Waals surface area contributed by atoms with Crippen molar-refractivity contribution in [1.82, 2.24) is 0 Å². The average molecular weight is 296 g/mol. The molecule has 21 heavy (non-hydrogen) atoms. The molecular weight excluding hydrogens is 260 g/mol. The van der Waals surface area contributed by atoms with Gasteiger partial charge in [-0.1, -0.05) is 51.7 Å². The SMILES string of the molecule is CCC(C)(C)C(O)OC1(CC(C)=C(C)C)CCCC(C)C1. The van der Waals surface area contributed by atoms with E-state index in [1.807, 2.05) is 0 Å². The van der Waals surface area contributed by atoms with Gasteiger partial charge in [0.05, 0.1) is 5.60 Å². The second-order valence-corrected chi connectivity index (χ2v) is 8.15. The summed E-state index contributed by atoms with van der Waals surface area (Å²) in [6.45, 7) is 15.1. The summed E-state index contributed by atoms with van der Waals surface area (Å²) in [5, 5.41) is 10.6. The summed E-state index contributed by atoms with van der Waals surface area (Å²) in [6.07, 6.45) is 5.81. The van der Waals surface area contributed by atoms with Gasteiger partial charge in [0.1, 0.15) is 0 Å². The van der Waals surface area contributed by atoms with E-state index in [0.29, 0.717) is 5.92 Å². The lowest BCUT2D eigenvalue weighted by Crippen LogP contribution is -2.45. The fourth-order valence-corrected chi connectivity index (χ4v) is 3.15. The molecule has 0 bridgehead atoms. The molecule has 1 aliphatic carbocycles. The van der Waals surface area contributed by atoms with Crippen LogP contribution in [0.1, 0.15) is 87.0 Å². The summed E-state index contributed by atoms with van der Waals surface area (Å²) in [6, 6.07) is 0. The van der Waals surface area contributed by atoms with E-state index in [-0.39, 0.29) is 11.0 Å². The van der Waals surface area contributed by atoms with Gasteiger partial charge in [-0.05, 0) is 52.4 Å². The fraction of sp³-hybridized carbons (Fsp3) is 0.895. The molecule has 2 nitrogen and oxygen atoms in total. The highest BCUT2D eigenvalue weighted by molar-refractivity contribution is 5.11. The third kappa shape index (κ3) is 5.10. The molecule has 3 unspecified atom stereocenters. The van der Waals surface area contributed by atoms with Crippen LogP contribution in [0.15, 0.2) is 11.1 Å². The Morgan fingerprint density at radius 3 is 2.43 bits per heavy atom. The van der Waals surface area contributed by atoms with Gasteiger partial charge >= 0.3 is 0 Å². The van der Waals surface area contributed by atoms with Crippen molar-refractivity contribution in [2.24, 2.45) is 11.3 Å². The normalized spacial score (nSPS) is 28.3. The Morgan fingerprint density at radius 1 is 1.33 bits per heavy atom. The van der Waals surface area contributed by atoms with Crippen LogP contribution in [0, 0.1) is 11.3 Å². The molecule has 0 radical (unpaired) electrons. The van der Waals surface area contributed by atoms with Gasteiger partial charge in [-0.15, -0.1) is 0 Å². The summed E-state index contributed by atoms with van der Waals surface area (Å²) in [7, 11) is 0. The van der Waals surface area contributed by atoms with Crippen LogP contribution < -0.4 is 0 Å². The Hall–Kier alpha value is -0.340. The first-order chi connectivity index (χ1) is 9.62. The van der Waals surface area contributed by atoms with Crippen molar-refractivity contribution in [3.05, 3.63) is 11.1 Å². The first-order valence-corrected chi connectivity index (χ1v) is 8.61. The van der Waals surface area contributed by atoms with Gasteiger partial charge in [-0.2, -0.15) is 0 Å². The molecule has 0 aliphatic heterocycles. The van der Waals surface area contributed by atoms with Gasteiger partial charge in [0.25, 0.3) is 0 Å². The maximum Gasteiger partial charge on any atom is 0.160 e. The van der Waals surface area contributed by atoms with Crippen LogP contribution in [-0.4, -0.2) is 17.0 Å². The zero-order valence-electron chi connectivity index (χ0n) is 15.3. The molecule has 124 valence electrons. The molecule has 0 aromatic rings. The highest BCUT2D eigenvalue weighted by Gasteiger charge is 2.41. The van der Waals surface area contributed by atoms with Crippen LogP contribution in [0.2, 0.25) is 0 Å². The van der Waals surface area contributed by atoms with Gasteiger partial charge in [0.2, 0.25) is 0 Å². The number of aliphatic hydroxyl groups is 1. The number of hydrogen-bond donors (Lipinski definition) is 1. The van der Waals surface area contributed by atoms with Crippen molar-refractivity contribution < 1.29 is 9.84 Å². The standard InChI is InChI=1S/C19H36O2/c1-8-18(6,7)17(20)21-19(13-16(5)14(2)3)11-9-10-15(4)12-19/h15,17,20H,8-13H2,1-7H3. The molecule has 0 spiro atoms. The number of aliphatic hydroxyl groups excluding tert-OH is 1. The highest BCUT2D eigenvalue weighted by atomic mass is 16.6. The Labute approximate surface area is 132 Å². The van der Waals surface area contributed by atoms with Crippen molar-refractivity contribution in [3.8, 4) is 0 Å². The van der Waals surface area contributed by atoms with Crippen molar-refractivity contribution in [1.29, 1.82) is 0 Å². The maximum absolute atomic E-state index is 10.6. The predicted octanol–water partition coefficient (Wildman–Crippen LogP) is 5.45. The lowest BCUT2D eigenvalue weighted by Gasteiger charge is -2.44. The van der Waals surface area contributed by atoms with Crippen LogP contribution in [0.25, 0.3) is 0 Å². The highest BCUT2D eigenvalue weighted by Crippen LogP contribution is 2.42. The molecule has 1 N–H and O–H groups in total. The van der Waals surface area contributed by atoms with Crippen LogP contribution in [0.4, 0.5) is 0 Å². The van der Waals surface area contributed by atoms with Crippen LogP contribution >= 0.6 is 0 Å². The van der Waals surface area contributed by atoms with Crippen molar-refractivity contribution in [2.75, 3.05) is 0 Å². The summed E-state index contributed by atoms with van der Waals surface area (Å²) >= 11 is 0. The van der Waals surface area contributed by atoms with E-state index in [4.69, 9.17) is 4.74 Å². The summed E-state index contributed by atoms with van der Waals surface area (Å²) in [4.78, 5) is 0. The van der Waals surface area contributed by atoms with Crippen molar-refractivity contribution in [2.45, 2.75) is 98.9 Å². The number of allylic oxidation sites excluding steroid dienone is 1. The Morgan fingerprint density at radius 2 is 1.95 bits per heavy atom. The Kier molecular flexibility index (Phi) is 6.49. The summed E-state index contributed by atoms with van der Waals surface area (Å²) in [5.41, 5.74) is 2.42. The monoisotopic (exact) mass is 296 g/mol. The molecule has 0 heterocycles. The molecule has 0 aromatic heterocycles. The Balaban J connectivity index is 2.95. The topological polar surface area (TPSA) is 29.5 Å². The van der Waals surface area contributed by atoms with E-state index >= 15 is 0 Å².